The Morgan fingerprint density at radius 2 is 1.00 bits per heavy atom. The quantitative estimate of drug-likeness (QED) is 0.440. The van der Waals surface area contributed by atoms with Crippen molar-refractivity contribution in [2.24, 2.45) is 0 Å². The molecule has 0 atom stereocenters. The van der Waals surface area contributed by atoms with Crippen LogP contribution in [0.5, 0.6) is 0 Å². The van der Waals surface area contributed by atoms with E-state index in [4.69, 9.17) is 0 Å². The van der Waals surface area contributed by atoms with Gasteiger partial charge in [0, 0.05) is 42.8 Å². The van der Waals surface area contributed by atoms with E-state index in [-0.39, 0.29) is 66.4 Å². The monoisotopic (exact) mass is 166 g/mol. The molecule has 0 heterocycles. The Balaban J connectivity index is 0. The maximum atomic E-state index is 0. The molecule has 1 nitrogen and oxygen atoms in total. The molecule has 0 aromatic rings. The van der Waals surface area contributed by atoms with E-state index in [0.717, 1.165) is 0 Å². The van der Waals surface area contributed by atoms with Crippen molar-refractivity contribution < 1.29 is 34.4 Å². The second-order valence-electron chi connectivity index (χ2n) is 0. The second-order valence-corrected chi connectivity index (χ2v) is 0. The maximum Gasteiger partial charge on any atom is 0.187 e. The van der Waals surface area contributed by atoms with Crippen molar-refractivity contribution in [3.05, 3.63) is 0 Å². The Hall–Kier alpha value is 1.61. The summed E-state index contributed by atoms with van der Waals surface area (Å²) in [6.45, 7) is 0. The zero-order valence-corrected chi connectivity index (χ0v) is 4.43. The normalized spacial score (nSPS) is 0. The summed E-state index contributed by atoms with van der Waals surface area (Å²) in [4.78, 5) is 0. The molecule has 0 aliphatic carbocycles. The van der Waals surface area contributed by atoms with Gasteiger partial charge in [-0.15, -0.1) is 0 Å². The van der Waals surface area contributed by atoms with Crippen LogP contribution in [-0.4, -0.2) is 25.8 Å². The van der Waals surface area contributed by atoms with E-state index < -0.39 is 0 Å². The Morgan fingerprint density at radius 3 is 1.00 bits per heavy atom. The molecule has 0 unspecified atom stereocenters. The fraction of sp³-hybridized carbons (Fsp3) is 0. The first-order valence-corrected chi connectivity index (χ1v) is 0. The van der Waals surface area contributed by atoms with Crippen molar-refractivity contribution in [2.75, 3.05) is 0 Å². The minimum atomic E-state index is 0. The van der Waals surface area contributed by atoms with Gasteiger partial charge < -0.3 is 6.15 Å². The third kappa shape index (κ3) is 28.2. The molecule has 0 saturated heterocycles. The van der Waals surface area contributed by atoms with E-state index in [1.54, 1.807) is 0 Å². The summed E-state index contributed by atoms with van der Waals surface area (Å²) in [5.74, 6) is 0. The first-order chi connectivity index (χ1) is 0. The van der Waals surface area contributed by atoms with Crippen molar-refractivity contribution >= 4 is 25.8 Å². The summed E-state index contributed by atoms with van der Waals surface area (Å²) in [7, 11) is 0. The summed E-state index contributed by atoms with van der Waals surface area (Å²) in [6, 6.07) is 0. The molecule has 0 bridgehead atoms. The van der Waals surface area contributed by atoms with Gasteiger partial charge in [-0.3, -0.25) is 0 Å². The van der Waals surface area contributed by atoms with Gasteiger partial charge in [-0.1, -0.05) is 0 Å². The van der Waals surface area contributed by atoms with Gasteiger partial charge >= 0.3 is 0 Å². The smallest absolute Gasteiger partial charge is 0.187 e. The summed E-state index contributed by atoms with van der Waals surface area (Å²) in [6.07, 6.45) is 0. The first kappa shape index (κ1) is 80.3. The molecule has 0 aromatic heterocycles. The Bertz CT molecular complexity index is 11.6. The van der Waals surface area contributed by atoms with E-state index in [9.17, 15) is 0 Å². The zero-order chi connectivity index (χ0) is 0. The molecule has 0 aliphatic heterocycles. The van der Waals surface area contributed by atoms with Gasteiger partial charge in [0.25, 0.3) is 0 Å². The minimum absolute atomic E-state index is 0. The van der Waals surface area contributed by atoms with Crippen LogP contribution in [0, 0.1) is 0 Å². The topological polar surface area (TPSA) is 35.0 Å². The van der Waals surface area contributed by atoms with Gasteiger partial charge in [-0.25, -0.2) is 0 Å². The average Bonchev–Trinajstić information content (AvgIpc) is 0. The van der Waals surface area contributed by atoms with E-state index in [1.807, 2.05) is 0 Å². The van der Waals surface area contributed by atoms with Crippen LogP contribution >= 0.6 is 0 Å². The van der Waals surface area contributed by atoms with Gasteiger partial charge in [-0.05, 0) is 0 Å². The van der Waals surface area contributed by atoms with E-state index >= 15 is 0 Å². The maximum absolute atomic E-state index is 0. The van der Waals surface area contributed by atoms with Crippen molar-refractivity contribution in [1.82, 2.24) is 6.15 Å². The molecule has 0 amide bonds. The summed E-state index contributed by atoms with van der Waals surface area (Å²) >= 11 is 0. The molecule has 0 rings (SSSR count). The average molecular weight is 166 g/mol. The Labute approximate surface area is 66.2 Å². The third-order valence-corrected chi connectivity index (χ3v) is 0. The molecule has 5 heteroatoms. The molecule has 0 spiro atoms. The van der Waals surface area contributed by atoms with E-state index in [0.29, 0.717) is 0 Å². The molecule has 5 heavy (non-hydrogen) atoms. The zero-order valence-electron chi connectivity index (χ0n) is 2.05. The molecule has 0 aliphatic rings. The number of hydrogen-bond donors (Lipinski definition) is 1. The predicted molar refractivity (Wildman–Crippen MR) is 20.7 cm³/mol. The Morgan fingerprint density at radius 1 is 1.00 bits per heavy atom. The largest absolute Gasteiger partial charge is 0.344 e. The van der Waals surface area contributed by atoms with Gasteiger partial charge in [0.1, 0.15) is 0 Å². The van der Waals surface area contributed by atoms with Crippen LogP contribution in [0.2, 0.25) is 0 Å². The molecule has 3 N–H and O–H groups in total. The van der Waals surface area contributed by atoms with Crippen molar-refractivity contribution in [3.63, 3.8) is 0 Å². The van der Waals surface area contributed by atoms with Crippen molar-refractivity contribution in [2.45, 2.75) is 0 Å². The predicted octanol–water partition coefficient (Wildman–Crippen LogP) is -1.41. The van der Waals surface area contributed by atoms with Gasteiger partial charge in [-0.2, -0.15) is 0 Å². The van der Waals surface area contributed by atoms with Crippen LogP contribution in [0.1, 0.15) is 0 Å². The fourth-order valence-electron chi connectivity index (χ4n) is 0. The molecule has 0 aromatic carbocycles. The van der Waals surface area contributed by atoms with Crippen LogP contribution in [0.3, 0.4) is 0 Å². The Kier molecular flexibility index (Phi) is 739. The van der Waals surface area contributed by atoms with Crippen LogP contribution in [-0.2, 0) is 34.4 Å². The molecular weight excluding hydrogens is 160 g/mol. The second kappa shape index (κ2) is 46.0. The van der Waals surface area contributed by atoms with Gasteiger partial charge in [0.15, 0.2) is 17.4 Å². The van der Waals surface area contributed by atoms with Gasteiger partial charge in [0.05, 0.1) is 0 Å². The van der Waals surface area contributed by atoms with E-state index in [2.05, 4.69) is 0 Å². The molecular formula is H6AlBCrFeN. The van der Waals surface area contributed by atoms with E-state index in [1.165, 1.54) is 0 Å². The molecule has 31 valence electrons. The standard InChI is InChI=1S/Al.B.Cr.Fe.H3N.3H/h;;;;1H3;;;. The van der Waals surface area contributed by atoms with Crippen molar-refractivity contribution in [3.8, 4) is 0 Å². The van der Waals surface area contributed by atoms with Crippen LogP contribution in [0.25, 0.3) is 0 Å². The SMILES string of the molecule is N.[AlH3].[B].[Cr].[Fe]. The third-order valence-electron chi connectivity index (χ3n) is 0. The molecule has 0 fully saturated rings. The van der Waals surface area contributed by atoms with Crippen LogP contribution in [0.4, 0.5) is 0 Å². The van der Waals surface area contributed by atoms with Crippen molar-refractivity contribution in [1.29, 1.82) is 0 Å². The van der Waals surface area contributed by atoms with Gasteiger partial charge in [0.2, 0.25) is 0 Å². The van der Waals surface area contributed by atoms with Crippen LogP contribution in [0.15, 0.2) is 0 Å². The first-order valence-electron chi connectivity index (χ1n) is 0. The molecule has 0 saturated carbocycles. The number of hydrogen-bond acceptors (Lipinski definition) is 1. The summed E-state index contributed by atoms with van der Waals surface area (Å²) in [5, 5.41) is 0. The summed E-state index contributed by atoms with van der Waals surface area (Å²) < 4.78 is 0. The fourth-order valence-corrected chi connectivity index (χ4v) is 0. The minimum Gasteiger partial charge on any atom is -0.344 e. The number of rotatable bonds is 0. The van der Waals surface area contributed by atoms with Crippen LogP contribution < -0.4 is 6.15 Å². The summed E-state index contributed by atoms with van der Waals surface area (Å²) in [5.41, 5.74) is 0. The molecule has 3 radical (unpaired) electrons.